The monoisotopic (exact) mass is 428 g/mol. The molecule has 0 saturated heterocycles. The lowest BCUT2D eigenvalue weighted by Gasteiger charge is -2.11. The summed E-state index contributed by atoms with van der Waals surface area (Å²) in [7, 11) is -7.98. The van der Waals surface area contributed by atoms with Crippen LogP contribution in [0.1, 0.15) is 5.56 Å². The lowest BCUT2D eigenvalue weighted by atomic mass is 10.2. The summed E-state index contributed by atoms with van der Waals surface area (Å²) in [4.78, 5) is 3.65. The highest BCUT2D eigenvalue weighted by molar-refractivity contribution is 7.93. The molecular weight excluding hydrogens is 412 g/mol. The number of sulfonamides is 1. The van der Waals surface area contributed by atoms with E-state index in [2.05, 4.69) is 9.71 Å². The fraction of sp³-hybridized carbons (Fsp3) is 0.0500. The number of nitrogens with zero attached hydrogens (tertiary/aromatic N) is 1. The maximum absolute atomic E-state index is 12.9. The van der Waals surface area contributed by atoms with Gasteiger partial charge in [0.25, 0.3) is 10.0 Å². The first kappa shape index (κ1) is 19.2. The van der Waals surface area contributed by atoms with Gasteiger partial charge in [0, 0.05) is 23.8 Å². The summed E-state index contributed by atoms with van der Waals surface area (Å²) in [6, 6.07) is 18.2. The first-order valence-corrected chi connectivity index (χ1v) is 11.7. The molecular formula is C20H16N2O5S2. The number of hydrogen-bond acceptors (Lipinski definition) is 6. The Kier molecular flexibility index (Phi) is 4.85. The molecule has 7 nitrogen and oxygen atoms in total. The number of rotatable bonds is 6. The molecule has 2 heterocycles. The van der Waals surface area contributed by atoms with Gasteiger partial charge in [0.2, 0.25) is 5.09 Å². The van der Waals surface area contributed by atoms with Crippen molar-refractivity contribution in [2.24, 2.45) is 0 Å². The second-order valence-corrected chi connectivity index (χ2v) is 9.90. The third-order valence-corrected chi connectivity index (χ3v) is 7.16. The fourth-order valence-corrected chi connectivity index (χ4v) is 5.45. The van der Waals surface area contributed by atoms with Crippen LogP contribution in [-0.2, 0) is 25.6 Å². The van der Waals surface area contributed by atoms with Crippen LogP contribution >= 0.6 is 0 Å². The molecule has 4 aromatic rings. The molecule has 0 unspecified atom stereocenters. The van der Waals surface area contributed by atoms with Crippen LogP contribution in [0.5, 0.6) is 0 Å². The van der Waals surface area contributed by atoms with E-state index in [1.54, 1.807) is 54.6 Å². The molecule has 0 spiro atoms. The van der Waals surface area contributed by atoms with Crippen LogP contribution in [0.2, 0.25) is 0 Å². The highest BCUT2D eigenvalue weighted by Gasteiger charge is 2.25. The molecule has 0 amide bonds. The van der Waals surface area contributed by atoms with E-state index in [-0.39, 0.29) is 21.4 Å². The molecule has 0 fully saturated rings. The van der Waals surface area contributed by atoms with Gasteiger partial charge in [0.1, 0.15) is 10.5 Å². The summed E-state index contributed by atoms with van der Waals surface area (Å²) in [5.41, 5.74) is 0.915. The van der Waals surface area contributed by atoms with E-state index < -0.39 is 19.9 Å². The Hall–Kier alpha value is -3.17. The van der Waals surface area contributed by atoms with Gasteiger partial charge in [0.15, 0.2) is 9.84 Å². The second-order valence-electron chi connectivity index (χ2n) is 6.33. The molecule has 4 rings (SSSR count). The van der Waals surface area contributed by atoms with E-state index in [1.165, 1.54) is 18.3 Å². The number of anilines is 1. The summed E-state index contributed by atoms with van der Waals surface area (Å²) in [5, 5.41) is 0.321. The summed E-state index contributed by atoms with van der Waals surface area (Å²) in [5.74, 6) is -0.279. The molecule has 29 heavy (non-hydrogen) atoms. The zero-order valence-corrected chi connectivity index (χ0v) is 16.7. The normalized spacial score (nSPS) is 12.1. The van der Waals surface area contributed by atoms with E-state index in [4.69, 9.17) is 4.42 Å². The SMILES string of the molecule is O=S(=O)(Cc1ccccc1)c1cnccc1NS(=O)(=O)c1cc2ccccc2o1. The maximum atomic E-state index is 12.9. The standard InChI is InChI=1S/C20H16N2O5S2/c23-28(24,14-15-6-2-1-3-7-15)19-13-21-11-10-17(19)22-29(25,26)20-12-16-8-4-5-9-18(16)27-20/h1-13H,14H2,(H,21,22). The van der Waals surface area contributed by atoms with Crippen LogP contribution in [0.4, 0.5) is 5.69 Å². The largest absolute Gasteiger partial charge is 0.443 e. The minimum atomic E-state index is -4.14. The number of fused-ring (bicyclic) bond motifs is 1. The van der Waals surface area contributed by atoms with E-state index in [0.717, 1.165) is 6.20 Å². The van der Waals surface area contributed by atoms with Crippen LogP contribution in [0.15, 0.2) is 93.5 Å². The lowest BCUT2D eigenvalue weighted by molar-refractivity contribution is 0.484. The molecule has 0 aliphatic heterocycles. The van der Waals surface area contributed by atoms with Gasteiger partial charge in [-0.2, -0.15) is 8.42 Å². The van der Waals surface area contributed by atoms with Gasteiger partial charge in [-0.3, -0.25) is 9.71 Å². The number of nitrogens with one attached hydrogen (secondary N) is 1. The van der Waals surface area contributed by atoms with E-state index in [9.17, 15) is 16.8 Å². The quantitative estimate of drug-likeness (QED) is 0.503. The van der Waals surface area contributed by atoms with Gasteiger partial charge in [0.05, 0.1) is 11.4 Å². The van der Waals surface area contributed by atoms with Crippen LogP contribution in [-0.4, -0.2) is 21.8 Å². The Bertz CT molecular complexity index is 1350. The molecule has 0 aliphatic carbocycles. The Balaban J connectivity index is 1.69. The first-order valence-electron chi connectivity index (χ1n) is 8.57. The molecule has 0 aliphatic rings. The van der Waals surface area contributed by atoms with Gasteiger partial charge < -0.3 is 4.42 Å². The second kappa shape index (κ2) is 7.34. The Morgan fingerprint density at radius 2 is 1.62 bits per heavy atom. The Morgan fingerprint density at radius 3 is 2.38 bits per heavy atom. The zero-order valence-electron chi connectivity index (χ0n) is 15.0. The highest BCUT2D eigenvalue weighted by Crippen LogP contribution is 2.28. The number of hydrogen-bond donors (Lipinski definition) is 1. The molecule has 0 atom stereocenters. The number of furan rings is 1. The van der Waals surface area contributed by atoms with Crippen LogP contribution < -0.4 is 4.72 Å². The molecule has 148 valence electrons. The van der Waals surface area contributed by atoms with Crippen molar-refractivity contribution in [1.29, 1.82) is 0 Å². The summed E-state index contributed by atoms with van der Waals surface area (Å²) < 4.78 is 59.1. The fourth-order valence-electron chi connectivity index (χ4n) is 2.87. The van der Waals surface area contributed by atoms with Crippen LogP contribution in [0, 0.1) is 0 Å². The molecule has 2 aromatic heterocycles. The lowest BCUT2D eigenvalue weighted by Crippen LogP contribution is -2.16. The number of pyridine rings is 1. The van der Waals surface area contributed by atoms with Gasteiger partial charge in [-0.25, -0.2) is 8.42 Å². The predicted molar refractivity (Wildman–Crippen MR) is 109 cm³/mol. The number of benzene rings is 2. The van der Waals surface area contributed by atoms with Crippen molar-refractivity contribution >= 4 is 36.5 Å². The van der Waals surface area contributed by atoms with Crippen LogP contribution in [0.25, 0.3) is 11.0 Å². The Labute approximate surface area is 168 Å². The third-order valence-electron chi connectivity index (χ3n) is 4.23. The molecule has 0 bridgehead atoms. The summed E-state index contributed by atoms with van der Waals surface area (Å²) in [6.45, 7) is 0. The minimum Gasteiger partial charge on any atom is -0.443 e. The van der Waals surface area contributed by atoms with Crippen molar-refractivity contribution in [3.05, 3.63) is 84.7 Å². The third kappa shape index (κ3) is 4.01. The highest BCUT2D eigenvalue weighted by atomic mass is 32.2. The van der Waals surface area contributed by atoms with Crippen molar-refractivity contribution < 1.29 is 21.3 Å². The topological polar surface area (TPSA) is 106 Å². The van der Waals surface area contributed by atoms with Crippen molar-refractivity contribution in [2.45, 2.75) is 15.7 Å². The predicted octanol–water partition coefficient (Wildman–Crippen LogP) is 3.60. The number of sulfone groups is 1. The summed E-state index contributed by atoms with van der Waals surface area (Å²) >= 11 is 0. The van der Waals surface area contributed by atoms with E-state index >= 15 is 0 Å². The minimum absolute atomic E-state index is 0.0867. The Morgan fingerprint density at radius 1 is 0.897 bits per heavy atom. The first-order chi connectivity index (χ1) is 13.9. The van der Waals surface area contributed by atoms with Gasteiger partial charge >= 0.3 is 0 Å². The summed E-state index contributed by atoms with van der Waals surface area (Å²) in [6.07, 6.45) is 2.45. The van der Waals surface area contributed by atoms with Crippen molar-refractivity contribution in [3.8, 4) is 0 Å². The molecule has 0 radical (unpaired) electrons. The average molecular weight is 428 g/mol. The van der Waals surface area contributed by atoms with Gasteiger partial charge in [-0.15, -0.1) is 0 Å². The maximum Gasteiger partial charge on any atom is 0.295 e. The molecule has 0 saturated carbocycles. The number of para-hydroxylation sites is 1. The van der Waals surface area contributed by atoms with Gasteiger partial charge in [-0.05, 0) is 17.7 Å². The number of aromatic nitrogens is 1. The van der Waals surface area contributed by atoms with E-state index in [1.807, 2.05) is 0 Å². The molecule has 1 N–H and O–H groups in total. The smallest absolute Gasteiger partial charge is 0.295 e. The van der Waals surface area contributed by atoms with Gasteiger partial charge in [-0.1, -0.05) is 48.5 Å². The average Bonchev–Trinajstić information content (AvgIpc) is 3.14. The van der Waals surface area contributed by atoms with Crippen LogP contribution in [0.3, 0.4) is 0 Å². The molecule has 2 aromatic carbocycles. The molecule has 9 heteroatoms. The van der Waals surface area contributed by atoms with Crippen molar-refractivity contribution in [2.75, 3.05) is 4.72 Å². The van der Waals surface area contributed by atoms with E-state index in [0.29, 0.717) is 16.5 Å². The van der Waals surface area contributed by atoms with Crippen molar-refractivity contribution in [1.82, 2.24) is 4.98 Å². The zero-order chi connectivity index (χ0) is 20.5. The van der Waals surface area contributed by atoms with Crippen molar-refractivity contribution in [3.63, 3.8) is 0 Å².